The lowest BCUT2D eigenvalue weighted by molar-refractivity contribution is -0.114. The van der Waals surface area contributed by atoms with Gasteiger partial charge in [-0.3, -0.25) is 14.9 Å². The number of aromatic nitrogens is 2. The van der Waals surface area contributed by atoms with Crippen molar-refractivity contribution in [2.75, 3.05) is 22.1 Å². The van der Waals surface area contributed by atoms with Crippen LogP contribution in [-0.2, 0) is 25.8 Å². The van der Waals surface area contributed by atoms with Gasteiger partial charge in [0.05, 0.1) is 0 Å². The lowest BCUT2D eigenvalue weighted by atomic mass is 10.1. The molecule has 1 aromatic heterocycles. The zero-order valence-electron chi connectivity index (χ0n) is 14.7. The zero-order chi connectivity index (χ0) is 20.0. The van der Waals surface area contributed by atoms with Crippen molar-refractivity contribution in [2.45, 2.75) is 20.3 Å². The first kappa shape index (κ1) is 20.9. The van der Waals surface area contributed by atoms with Crippen LogP contribution in [0.1, 0.15) is 18.9 Å². The number of halogens is 1. The molecule has 2 amide bonds. The van der Waals surface area contributed by atoms with Gasteiger partial charge in [0.25, 0.3) is 0 Å². The van der Waals surface area contributed by atoms with E-state index in [2.05, 4.69) is 20.8 Å². The molecule has 0 saturated carbocycles. The molecule has 0 radical (unpaired) electrons. The number of anilines is 2. The molecule has 0 atom stereocenters. The first-order valence-corrected chi connectivity index (χ1v) is 10.6. The Hall–Kier alpha value is -2.40. The minimum atomic E-state index is -3.98. The van der Waals surface area contributed by atoms with Gasteiger partial charge in [0.2, 0.25) is 16.9 Å². The van der Waals surface area contributed by atoms with Crippen molar-refractivity contribution in [1.82, 2.24) is 10.2 Å². The van der Waals surface area contributed by atoms with Crippen LogP contribution in [0.2, 0.25) is 0 Å². The maximum absolute atomic E-state index is 12.8. The number of hydrogen-bond acceptors (Lipinski definition) is 7. The number of nitrogens with one attached hydrogen (secondary N) is 2. The normalized spacial score (nSPS) is 11.4. The van der Waals surface area contributed by atoms with Crippen molar-refractivity contribution >= 4 is 43.8 Å². The van der Waals surface area contributed by atoms with Gasteiger partial charge in [0.1, 0.15) is 22.3 Å². The molecule has 0 fully saturated rings. The molecule has 0 bridgehead atoms. The van der Waals surface area contributed by atoms with E-state index in [4.69, 9.17) is 0 Å². The largest absolute Gasteiger partial charge is 0.325 e. The summed E-state index contributed by atoms with van der Waals surface area (Å²) in [6, 6.07) is 4.87. The van der Waals surface area contributed by atoms with Crippen LogP contribution >= 0.6 is 11.3 Å². The molecule has 0 saturated heterocycles. The fraction of sp³-hybridized carbons (Fsp3) is 0.375. The Morgan fingerprint density at radius 2 is 1.67 bits per heavy atom. The Labute approximate surface area is 160 Å². The number of nitrogens with zero attached hydrogens (tertiary/aromatic N) is 2. The number of sulfone groups is 1. The molecule has 0 aliphatic rings. The molecule has 0 unspecified atom stereocenters. The van der Waals surface area contributed by atoms with Crippen LogP contribution in [0.4, 0.5) is 15.2 Å². The van der Waals surface area contributed by atoms with E-state index in [1.807, 2.05) is 13.8 Å². The third kappa shape index (κ3) is 7.39. The number of carbonyl (C=O) groups excluding carboxylic acids is 2. The molecule has 0 aliphatic carbocycles. The summed E-state index contributed by atoms with van der Waals surface area (Å²) in [5.74, 6) is -3.44. The second-order valence-electron chi connectivity index (χ2n) is 6.23. The van der Waals surface area contributed by atoms with E-state index < -0.39 is 39.0 Å². The topological polar surface area (TPSA) is 118 Å². The fourth-order valence-corrected chi connectivity index (χ4v) is 4.09. The smallest absolute Gasteiger partial charge is 0.241 e. The Morgan fingerprint density at radius 3 is 2.26 bits per heavy atom. The first-order chi connectivity index (χ1) is 12.6. The van der Waals surface area contributed by atoms with Gasteiger partial charge in [-0.15, -0.1) is 10.2 Å². The highest BCUT2D eigenvalue weighted by Crippen LogP contribution is 2.18. The maximum atomic E-state index is 12.8. The van der Waals surface area contributed by atoms with Crippen molar-refractivity contribution < 1.29 is 22.4 Å². The molecular formula is C16H19FN4O4S2. The molecule has 27 heavy (non-hydrogen) atoms. The van der Waals surface area contributed by atoms with Gasteiger partial charge in [-0.05, 0) is 30.2 Å². The van der Waals surface area contributed by atoms with E-state index in [9.17, 15) is 22.4 Å². The summed E-state index contributed by atoms with van der Waals surface area (Å²) < 4.78 is 36.9. The van der Waals surface area contributed by atoms with Gasteiger partial charge in [0.15, 0.2) is 9.84 Å². The third-order valence-electron chi connectivity index (χ3n) is 3.13. The highest BCUT2D eigenvalue weighted by atomic mass is 32.2. The monoisotopic (exact) mass is 414 g/mol. The summed E-state index contributed by atoms with van der Waals surface area (Å²) in [7, 11) is -3.98. The van der Waals surface area contributed by atoms with Gasteiger partial charge in [-0.25, -0.2) is 12.8 Å². The first-order valence-electron chi connectivity index (χ1n) is 8.01. The Kier molecular flexibility index (Phi) is 6.97. The van der Waals surface area contributed by atoms with Crippen molar-refractivity contribution in [1.29, 1.82) is 0 Å². The van der Waals surface area contributed by atoms with Crippen LogP contribution in [0.25, 0.3) is 0 Å². The standard InChI is InChI=1S/C16H19FN4O4S2/c1-10(2)7-15-20-21-16(26-15)19-14(23)9-27(24,25)8-13(22)18-12-5-3-11(17)4-6-12/h3-6,10H,7-9H2,1-2H3,(H,18,22)(H,19,21,23). The second-order valence-corrected chi connectivity index (χ2v) is 9.36. The Bertz CT molecular complexity index is 911. The van der Waals surface area contributed by atoms with E-state index in [0.29, 0.717) is 12.3 Å². The third-order valence-corrected chi connectivity index (χ3v) is 5.39. The molecule has 1 heterocycles. The second kappa shape index (κ2) is 9.00. The summed E-state index contributed by atoms with van der Waals surface area (Å²) in [5, 5.41) is 13.4. The Balaban J connectivity index is 1.87. The molecule has 146 valence electrons. The molecule has 1 aromatic carbocycles. The minimum Gasteiger partial charge on any atom is -0.325 e. The van der Waals surface area contributed by atoms with Crippen LogP contribution in [0.5, 0.6) is 0 Å². The molecule has 0 aliphatic heterocycles. The zero-order valence-corrected chi connectivity index (χ0v) is 16.4. The summed E-state index contributed by atoms with van der Waals surface area (Å²) in [5.41, 5.74) is 0.257. The summed E-state index contributed by atoms with van der Waals surface area (Å²) in [6.45, 7) is 4.03. The Morgan fingerprint density at radius 1 is 1.07 bits per heavy atom. The van der Waals surface area contributed by atoms with Crippen molar-refractivity contribution in [3.63, 3.8) is 0 Å². The van der Waals surface area contributed by atoms with Crippen molar-refractivity contribution in [3.05, 3.63) is 35.1 Å². The quantitative estimate of drug-likeness (QED) is 0.681. The number of amides is 2. The van der Waals surface area contributed by atoms with Crippen molar-refractivity contribution in [2.24, 2.45) is 5.92 Å². The molecule has 0 spiro atoms. The van der Waals surface area contributed by atoms with Crippen LogP contribution in [-0.4, -0.2) is 41.9 Å². The van der Waals surface area contributed by atoms with E-state index in [0.717, 1.165) is 17.1 Å². The lowest BCUT2D eigenvalue weighted by Gasteiger charge is -2.06. The molecule has 2 N–H and O–H groups in total. The minimum absolute atomic E-state index is 0.210. The van der Waals surface area contributed by atoms with Gasteiger partial charge in [0, 0.05) is 12.1 Å². The summed E-state index contributed by atoms with van der Waals surface area (Å²) in [6.07, 6.45) is 0.704. The van der Waals surface area contributed by atoms with Crippen molar-refractivity contribution in [3.8, 4) is 0 Å². The number of rotatable bonds is 8. The van der Waals surface area contributed by atoms with Crippen LogP contribution in [0.3, 0.4) is 0 Å². The predicted molar refractivity (Wildman–Crippen MR) is 101 cm³/mol. The average molecular weight is 414 g/mol. The maximum Gasteiger partial charge on any atom is 0.241 e. The lowest BCUT2D eigenvalue weighted by Crippen LogP contribution is -2.30. The van der Waals surface area contributed by atoms with E-state index in [1.165, 1.54) is 23.5 Å². The van der Waals surface area contributed by atoms with Gasteiger partial charge < -0.3 is 5.32 Å². The van der Waals surface area contributed by atoms with Gasteiger partial charge in [-0.1, -0.05) is 25.2 Å². The molecule has 8 nitrogen and oxygen atoms in total. The van der Waals surface area contributed by atoms with E-state index in [-0.39, 0.29) is 10.8 Å². The van der Waals surface area contributed by atoms with Crippen LogP contribution in [0.15, 0.2) is 24.3 Å². The summed E-state index contributed by atoms with van der Waals surface area (Å²) >= 11 is 1.17. The van der Waals surface area contributed by atoms with Gasteiger partial charge >= 0.3 is 0 Å². The van der Waals surface area contributed by atoms with Crippen LogP contribution < -0.4 is 10.6 Å². The molecular weight excluding hydrogens is 395 g/mol. The number of benzene rings is 1. The molecule has 11 heteroatoms. The number of carbonyl (C=O) groups is 2. The predicted octanol–water partition coefficient (Wildman–Crippen LogP) is 1.87. The highest BCUT2D eigenvalue weighted by molar-refractivity contribution is 7.92. The average Bonchev–Trinajstić information content (AvgIpc) is 2.94. The molecule has 2 aromatic rings. The van der Waals surface area contributed by atoms with Gasteiger partial charge in [-0.2, -0.15) is 0 Å². The molecule has 2 rings (SSSR count). The highest BCUT2D eigenvalue weighted by Gasteiger charge is 2.22. The van der Waals surface area contributed by atoms with Crippen LogP contribution in [0, 0.1) is 11.7 Å². The fourth-order valence-electron chi connectivity index (χ4n) is 2.07. The van der Waals surface area contributed by atoms with E-state index >= 15 is 0 Å². The number of hydrogen-bond donors (Lipinski definition) is 2. The van der Waals surface area contributed by atoms with E-state index in [1.54, 1.807) is 0 Å². The SMILES string of the molecule is CC(C)Cc1nnc(NC(=O)CS(=O)(=O)CC(=O)Nc2ccc(F)cc2)s1. The summed E-state index contributed by atoms with van der Waals surface area (Å²) in [4.78, 5) is 23.7.